The number of halogens is 3. The lowest BCUT2D eigenvalue weighted by atomic mass is 10.1. The summed E-state index contributed by atoms with van der Waals surface area (Å²) in [6.07, 6.45) is 4.57. The standard InChI is InChI=1S/C13H14F3NO/c14-11-4-9(5-12(15)13(11)16)6-17-10-2-1-8(3-10)7-18/h1-2,4-5,8,10,17-18H,3,6-7H2/t8-,10+/m0/s1. The molecule has 1 aliphatic rings. The summed E-state index contributed by atoms with van der Waals surface area (Å²) in [5.74, 6) is -3.67. The Balaban J connectivity index is 1.93. The normalized spacial score (nSPS) is 22.7. The Morgan fingerprint density at radius 2 is 1.83 bits per heavy atom. The van der Waals surface area contributed by atoms with Gasteiger partial charge in [-0.3, -0.25) is 0 Å². The van der Waals surface area contributed by atoms with E-state index in [1.165, 1.54) is 0 Å². The van der Waals surface area contributed by atoms with Gasteiger partial charge in [0.15, 0.2) is 17.5 Å². The van der Waals surface area contributed by atoms with E-state index in [9.17, 15) is 13.2 Å². The second-order valence-electron chi connectivity index (χ2n) is 4.42. The summed E-state index contributed by atoms with van der Waals surface area (Å²) in [6, 6.07) is 2.03. The second kappa shape index (κ2) is 5.54. The third-order valence-electron chi connectivity index (χ3n) is 3.02. The molecule has 0 saturated heterocycles. The molecule has 0 aromatic heterocycles. The molecule has 0 bridgehead atoms. The molecule has 5 heteroatoms. The van der Waals surface area contributed by atoms with Crippen LogP contribution in [0.15, 0.2) is 24.3 Å². The van der Waals surface area contributed by atoms with Crippen LogP contribution in [0.3, 0.4) is 0 Å². The summed E-state index contributed by atoms with van der Waals surface area (Å²) >= 11 is 0. The third-order valence-corrected chi connectivity index (χ3v) is 3.02. The fourth-order valence-electron chi connectivity index (χ4n) is 2.02. The Labute approximate surface area is 103 Å². The Kier molecular flexibility index (Phi) is 4.04. The number of aliphatic hydroxyl groups is 1. The number of aliphatic hydroxyl groups excluding tert-OH is 1. The number of rotatable bonds is 4. The average Bonchev–Trinajstić information content (AvgIpc) is 2.81. The van der Waals surface area contributed by atoms with Gasteiger partial charge in [-0.25, -0.2) is 13.2 Å². The van der Waals surface area contributed by atoms with Crippen molar-refractivity contribution in [3.63, 3.8) is 0 Å². The van der Waals surface area contributed by atoms with Gasteiger partial charge in [0.2, 0.25) is 0 Å². The van der Waals surface area contributed by atoms with Crippen LogP contribution in [0, 0.1) is 23.4 Å². The maximum Gasteiger partial charge on any atom is 0.194 e. The Bertz CT molecular complexity index is 439. The van der Waals surface area contributed by atoms with Crippen LogP contribution in [0.2, 0.25) is 0 Å². The summed E-state index contributed by atoms with van der Waals surface area (Å²) in [6.45, 7) is 0.343. The monoisotopic (exact) mass is 257 g/mol. The molecular formula is C13H14F3NO. The molecule has 0 fully saturated rings. The van der Waals surface area contributed by atoms with Gasteiger partial charge >= 0.3 is 0 Å². The summed E-state index contributed by atoms with van der Waals surface area (Å²) in [5, 5.41) is 12.0. The fraction of sp³-hybridized carbons (Fsp3) is 0.385. The Morgan fingerprint density at radius 1 is 1.17 bits per heavy atom. The van der Waals surface area contributed by atoms with Gasteiger partial charge in [-0.2, -0.15) is 0 Å². The molecule has 0 amide bonds. The van der Waals surface area contributed by atoms with Crippen LogP contribution < -0.4 is 5.32 Å². The van der Waals surface area contributed by atoms with E-state index in [-0.39, 0.29) is 25.1 Å². The number of nitrogens with one attached hydrogen (secondary N) is 1. The predicted octanol–water partition coefficient (Wildman–Crippen LogP) is 2.13. The molecule has 2 nitrogen and oxygen atoms in total. The lowest BCUT2D eigenvalue weighted by Crippen LogP contribution is -2.26. The lowest BCUT2D eigenvalue weighted by molar-refractivity contribution is 0.246. The number of benzene rings is 1. The van der Waals surface area contributed by atoms with Gasteiger partial charge in [0.1, 0.15) is 0 Å². The summed E-state index contributed by atoms with van der Waals surface area (Å²) in [4.78, 5) is 0. The van der Waals surface area contributed by atoms with Gasteiger partial charge in [-0.15, -0.1) is 0 Å². The van der Waals surface area contributed by atoms with Gasteiger partial charge in [0, 0.05) is 25.1 Å². The number of hydrogen-bond donors (Lipinski definition) is 2. The topological polar surface area (TPSA) is 32.3 Å². The fourth-order valence-corrected chi connectivity index (χ4v) is 2.02. The lowest BCUT2D eigenvalue weighted by Gasteiger charge is -2.12. The van der Waals surface area contributed by atoms with E-state index >= 15 is 0 Å². The molecular weight excluding hydrogens is 243 g/mol. The van der Waals surface area contributed by atoms with Crippen molar-refractivity contribution >= 4 is 0 Å². The first kappa shape index (κ1) is 13.1. The average molecular weight is 257 g/mol. The molecule has 2 N–H and O–H groups in total. The third kappa shape index (κ3) is 2.91. The highest BCUT2D eigenvalue weighted by atomic mass is 19.2. The zero-order chi connectivity index (χ0) is 13.1. The molecule has 0 aliphatic heterocycles. The van der Waals surface area contributed by atoms with Crippen LogP contribution in [0.1, 0.15) is 12.0 Å². The smallest absolute Gasteiger partial charge is 0.194 e. The van der Waals surface area contributed by atoms with E-state index in [0.29, 0.717) is 5.56 Å². The van der Waals surface area contributed by atoms with Crippen LogP contribution in [0.25, 0.3) is 0 Å². The van der Waals surface area contributed by atoms with Crippen LogP contribution in [0.5, 0.6) is 0 Å². The first-order chi connectivity index (χ1) is 8.60. The van der Waals surface area contributed by atoms with Crippen molar-refractivity contribution in [1.82, 2.24) is 5.32 Å². The summed E-state index contributed by atoms with van der Waals surface area (Å²) in [7, 11) is 0. The molecule has 0 unspecified atom stereocenters. The first-order valence-electron chi connectivity index (χ1n) is 5.76. The highest BCUT2D eigenvalue weighted by Crippen LogP contribution is 2.18. The van der Waals surface area contributed by atoms with Crippen molar-refractivity contribution in [3.8, 4) is 0 Å². The van der Waals surface area contributed by atoms with E-state index in [2.05, 4.69) is 5.32 Å². The highest BCUT2D eigenvalue weighted by molar-refractivity contribution is 5.20. The van der Waals surface area contributed by atoms with Crippen LogP contribution >= 0.6 is 0 Å². The SMILES string of the molecule is OC[C@H]1C=C[C@@H](NCc2cc(F)c(F)c(F)c2)C1. The molecule has 98 valence electrons. The molecule has 0 saturated carbocycles. The van der Waals surface area contributed by atoms with Gasteiger partial charge < -0.3 is 10.4 Å². The second-order valence-corrected chi connectivity index (χ2v) is 4.42. The van der Waals surface area contributed by atoms with Crippen LogP contribution in [-0.2, 0) is 6.54 Å². The van der Waals surface area contributed by atoms with Crippen molar-refractivity contribution in [2.24, 2.45) is 5.92 Å². The Morgan fingerprint density at radius 3 is 2.39 bits per heavy atom. The Hall–Kier alpha value is -1.33. The van der Waals surface area contributed by atoms with E-state index < -0.39 is 17.5 Å². The van der Waals surface area contributed by atoms with Crippen molar-refractivity contribution in [2.75, 3.05) is 6.61 Å². The molecule has 2 atom stereocenters. The quantitative estimate of drug-likeness (QED) is 0.639. The molecule has 2 rings (SSSR count). The largest absolute Gasteiger partial charge is 0.396 e. The molecule has 0 heterocycles. The minimum absolute atomic E-state index is 0.0679. The minimum Gasteiger partial charge on any atom is -0.396 e. The first-order valence-corrected chi connectivity index (χ1v) is 5.76. The highest BCUT2D eigenvalue weighted by Gasteiger charge is 2.18. The van der Waals surface area contributed by atoms with Gasteiger partial charge in [-0.1, -0.05) is 12.2 Å². The minimum atomic E-state index is -1.44. The van der Waals surface area contributed by atoms with Gasteiger partial charge in [0.05, 0.1) is 0 Å². The van der Waals surface area contributed by atoms with Gasteiger partial charge in [-0.05, 0) is 24.1 Å². The van der Waals surface area contributed by atoms with E-state index in [4.69, 9.17) is 5.11 Å². The van der Waals surface area contributed by atoms with Crippen molar-refractivity contribution in [2.45, 2.75) is 19.0 Å². The zero-order valence-electron chi connectivity index (χ0n) is 9.67. The number of hydrogen-bond acceptors (Lipinski definition) is 2. The molecule has 0 spiro atoms. The maximum absolute atomic E-state index is 13.0. The van der Waals surface area contributed by atoms with Crippen molar-refractivity contribution in [3.05, 3.63) is 47.3 Å². The predicted molar refractivity (Wildman–Crippen MR) is 61.3 cm³/mol. The van der Waals surface area contributed by atoms with E-state index in [0.717, 1.165) is 18.6 Å². The van der Waals surface area contributed by atoms with E-state index in [1.807, 2.05) is 12.2 Å². The van der Waals surface area contributed by atoms with Crippen molar-refractivity contribution in [1.29, 1.82) is 0 Å². The van der Waals surface area contributed by atoms with Crippen molar-refractivity contribution < 1.29 is 18.3 Å². The molecule has 1 aromatic rings. The van der Waals surface area contributed by atoms with Gasteiger partial charge in [0.25, 0.3) is 0 Å². The molecule has 1 aliphatic carbocycles. The molecule has 18 heavy (non-hydrogen) atoms. The molecule has 1 aromatic carbocycles. The maximum atomic E-state index is 13.0. The van der Waals surface area contributed by atoms with E-state index in [1.54, 1.807) is 0 Å². The summed E-state index contributed by atoms with van der Waals surface area (Å²) < 4.78 is 38.7. The molecule has 0 radical (unpaired) electrons. The van der Waals surface area contributed by atoms with Crippen LogP contribution in [-0.4, -0.2) is 17.8 Å². The zero-order valence-corrected chi connectivity index (χ0v) is 9.67. The van der Waals surface area contributed by atoms with Crippen LogP contribution in [0.4, 0.5) is 13.2 Å². The summed E-state index contributed by atoms with van der Waals surface area (Å²) in [5.41, 5.74) is 0.354.